The summed E-state index contributed by atoms with van der Waals surface area (Å²) >= 11 is 0. The number of ether oxygens (including phenoxy) is 2. The Morgan fingerprint density at radius 1 is 1.06 bits per heavy atom. The molecule has 6 heteroatoms. The Balaban J connectivity index is 1.45. The number of aliphatic hydroxyl groups excluding tert-OH is 1. The van der Waals surface area contributed by atoms with Crippen LogP contribution in [0.3, 0.4) is 0 Å². The van der Waals surface area contributed by atoms with E-state index >= 15 is 0 Å². The lowest BCUT2D eigenvalue weighted by Crippen LogP contribution is -2.29. The Labute approximate surface area is 188 Å². The van der Waals surface area contributed by atoms with Crippen molar-refractivity contribution < 1.29 is 19.4 Å². The van der Waals surface area contributed by atoms with Crippen LogP contribution in [-0.2, 0) is 19.4 Å². The van der Waals surface area contributed by atoms with Crippen LogP contribution in [0.1, 0.15) is 23.1 Å². The summed E-state index contributed by atoms with van der Waals surface area (Å²) in [7, 11) is 3.28. The summed E-state index contributed by atoms with van der Waals surface area (Å²) in [5, 5.41) is 15.9. The minimum absolute atomic E-state index is 0.275. The highest BCUT2D eigenvalue weighted by Gasteiger charge is 2.20. The average Bonchev–Trinajstić information content (AvgIpc) is 2.83. The van der Waals surface area contributed by atoms with E-state index in [1.54, 1.807) is 14.2 Å². The molecule has 166 valence electrons. The molecule has 0 heterocycles. The SMILES string of the molecule is COc1ccc(OC)c(-c2cccc(CNC(=O)Nc3cccc4c3CC(O)CC4)c2)c1. The summed E-state index contributed by atoms with van der Waals surface area (Å²) in [6.45, 7) is 0.379. The van der Waals surface area contributed by atoms with Gasteiger partial charge in [-0.25, -0.2) is 4.79 Å². The lowest BCUT2D eigenvalue weighted by atomic mass is 9.88. The Kier molecular flexibility index (Phi) is 6.61. The van der Waals surface area contributed by atoms with Gasteiger partial charge in [0.2, 0.25) is 0 Å². The van der Waals surface area contributed by atoms with E-state index in [0.717, 1.165) is 52.3 Å². The minimum Gasteiger partial charge on any atom is -0.497 e. The van der Waals surface area contributed by atoms with Crippen LogP contribution in [0, 0.1) is 0 Å². The highest BCUT2D eigenvalue weighted by Crippen LogP contribution is 2.34. The summed E-state index contributed by atoms with van der Waals surface area (Å²) in [6, 6.07) is 19.2. The fourth-order valence-electron chi connectivity index (χ4n) is 4.12. The van der Waals surface area contributed by atoms with E-state index in [9.17, 15) is 9.90 Å². The number of nitrogens with one attached hydrogen (secondary N) is 2. The van der Waals surface area contributed by atoms with E-state index in [0.29, 0.717) is 13.0 Å². The van der Waals surface area contributed by atoms with Gasteiger partial charge in [0.05, 0.1) is 20.3 Å². The number of fused-ring (bicyclic) bond motifs is 1. The number of amides is 2. The van der Waals surface area contributed by atoms with Crippen molar-refractivity contribution in [3.05, 3.63) is 77.4 Å². The zero-order chi connectivity index (χ0) is 22.5. The lowest BCUT2D eigenvalue weighted by molar-refractivity contribution is 0.159. The van der Waals surface area contributed by atoms with Gasteiger partial charge in [0.25, 0.3) is 0 Å². The minimum atomic E-state index is -0.357. The maximum Gasteiger partial charge on any atom is 0.319 e. The summed E-state index contributed by atoms with van der Waals surface area (Å²) in [5.74, 6) is 1.50. The normalized spacial score (nSPS) is 14.9. The number of benzene rings is 3. The topological polar surface area (TPSA) is 79.8 Å². The largest absolute Gasteiger partial charge is 0.497 e. The molecule has 1 atom stereocenters. The van der Waals surface area contributed by atoms with Gasteiger partial charge in [0, 0.05) is 24.2 Å². The van der Waals surface area contributed by atoms with Crippen LogP contribution in [0.5, 0.6) is 11.5 Å². The highest BCUT2D eigenvalue weighted by molar-refractivity contribution is 5.90. The quantitative estimate of drug-likeness (QED) is 0.534. The molecule has 0 aromatic heterocycles. The van der Waals surface area contributed by atoms with E-state index in [1.807, 2.05) is 54.6 Å². The number of aliphatic hydroxyl groups is 1. The van der Waals surface area contributed by atoms with Crippen molar-refractivity contribution in [1.29, 1.82) is 0 Å². The van der Waals surface area contributed by atoms with E-state index in [-0.39, 0.29) is 12.1 Å². The maximum absolute atomic E-state index is 12.6. The second kappa shape index (κ2) is 9.75. The van der Waals surface area contributed by atoms with Crippen LogP contribution in [0.4, 0.5) is 10.5 Å². The molecule has 0 saturated carbocycles. The van der Waals surface area contributed by atoms with Crippen molar-refractivity contribution in [2.75, 3.05) is 19.5 Å². The van der Waals surface area contributed by atoms with Gasteiger partial charge in [0.1, 0.15) is 11.5 Å². The van der Waals surface area contributed by atoms with Crippen LogP contribution in [0.25, 0.3) is 11.1 Å². The number of hydrogen-bond donors (Lipinski definition) is 3. The Bertz CT molecular complexity index is 1110. The highest BCUT2D eigenvalue weighted by atomic mass is 16.5. The molecule has 3 N–H and O–H groups in total. The van der Waals surface area contributed by atoms with Gasteiger partial charge in [-0.15, -0.1) is 0 Å². The number of carbonyl (C=O) groups is 1. The first-order chi connectivity index (χ1) is 15.6. The molecule has 2 amide bonds. The van der Waals surface area contributed by atoms with Crippen LogP contribution in [0.2, 0.25) is 0 Å². The van der Waals surface area contributed by atoms with Crippen LogP contribution in [0.15, 0.2) is 60.7 Å². The average molecular weight is 433 g/mol. The molecule has 1 unspecified atom stereocenters. The molecular weight excluding hydrogens is 404 g/mol. The molecule has 6 nitrogen and oxygen atoms in total. The third kappa shape index (κ3) is 4.86. The second-order valence-electron chi connectivity index (χ2n) is 7.91. The standard InChI is InChI=1S/C26H28N2O4/c1-31-21-11-12-25(32-2)23(15-21)19-7-3-5-17(13-19)16-27-26(30)28-24-8-4-6-18-9-10-20(29)14-22(18)24/h3-8,11-13,15,20,29H,9-10,14,16H2,1-2H3,(H2,27,28,30). The molecule has 0 radical (unpaired) electrons. The molecule has 0 spiro atoms. The first-order valence-electron chi connectivity index (χ1n) is 10.7. The molecule has 3 aromatic carbocycles. The summed E-state index contributed by atoms with van der Waals surface area (Å²) in [5.41, 5.74) is 5.84. The number of hydrogen-bond acceptors (Lipinski definition) is 4. The monoisotopic (exact) mass is 432 g/mol. The second-order valence-corrected chi connectivity index (χ2v) is 7.91. The van der Waals surface area contributed by atoms with Gasteiger partial charge in [-0.05, 0) is 65.4 Å². The number of methoxy groups -OCH3 is 2. The van der Waals surface area contributed by atoms with Crippen molar-refractivity contribution >= 4 is 11.7 Å². The first kappa shape index (κ1) is 21.7. The summed E-state index contributed by atoms with van der Waals surface area (Å²) in [6.07, 6.45) is 1.80. The Morgan fingerprint density at radius 2 is 1.91 bits per heavy atom. The molecule has 0 saturated heterocycles. The number of rotatable bonds is 6. The number of urea groups is 1. The molecule has 3 aromatic rings. The first-order valence-corrected chi connectivity index (χ1v) is 10.7. The van der Waals surface area contributed by atoms with E-state index in [4.69, 9.17) is 9.47 Å². The molecule has 0 fully saturated rings. The summed E-state index contributed by atoms with van der Waals surface area (Å²) < 4.78 is 10.9. The van der Waals surface area contributed by atoms with Gasteiger partial charge in [-0.3, -0.25) is 0 Å². The predicted octanol–water partition coefficient (Wildman–Crippen LogP) is 4.54. The Hall–Kier alpha value is -3.51. The van der Waals surface area contributed by atoms with Crippen LogP contribution >= 0.6 is 0 Å². The maximum atomic E-state index is 12.6. The van der Waals surface area contributed by atoms with E-state index in [1.165, 1.54) is 5.56 Å². The van der Waals surface area contributed by atoms with Gasteiger partial charge in [-0.1, -0.05) is 30.3 Å². The number of anilines is 1. The molecule has 32 heavy (non-hydrogen) atoms. The zero-order valence-corrected chi connectivity index (χ0v) is 18.4. The molecule has 0 bridgehead atoms. The van der Waals surface area contributed by atoms with Crippen molar-refractivity contribution in [3.63, 3.8) is 0 Å². The summed E-state index contributed by atoms with van der Waals surface area (Å²) in [4.78, 5) is 12.6. The van der Waals surface area contributed by atoms with E-state index < -0.39 is 0 Å². The molecule has 4 rings (SSSR count). The fourth-order valence-corrected chi connectivity index (χ4v) is 4.12. The van der Waals surface area contributed by atoms with Crippen molar-refractivity contribution in [3.8, 4) is 22.6 Å². The van der Waals surface area contributed by atoms with Gasteiger partial charge >= 0.3 is 6.03 Å². The van der Waals surface area contributed by atoms with Crippen LogP contribution < -0.4 is 20.1 Å². The van der Waals surface area contributed by atoms with Crippen LogP contribution in [-0.4, -0.2) is 31.5 Å². The van der Waals surface area contributed by atoms with Crippen molar-refractivity contribution in [2.24, 2.45) is 0 Å². The van der Waals surface area contributed by atoms with Crippen molar-refractivity contribution in [2.45, 2.75) is 31.9 Å². The smallest absolute Gasteiger partial charge is 0.319 e. The van der Waals surface area contributed by atoms with E-state index in [2.05, 4.69) is 16.7 Å². The third-order valence-electron chi connectivity index (χ3n) is 5.81. The molecular formula is C26H28N2O4. The third-order valence-corrected chi connectivity index (χ3v) is 5.81. The molecule has 0 aliphatic heterocycles. The number of aryl methyl sites for hydroxylation is 1. The van der Waals surface area contributed by atoms with Gasteiger partial charge < -0.3 is 25.2 Å². The Morgan fingerprint density at radius 3 is 2.72 bits per heavy atom. The fraction of sp³-hybridized carbons (Fsp3) is 0.269. The lowest BCUT2D eigenvalue weighted by Gasteiger charge is -2.23. The van der Waals surface area contributed by atoms with Crippen molar-refractivity contribution in [1.82, 2.24) is 5.32 Å². The zero-order valence-electron chi connectivity index (χ0n) is 18.4. The predicted molar refractivity (Wildman–Crippen MR) is 125 cm³/mol. The molecule has 1 aliphatic rings. The van der Waals surface area contributed by atoms with Gasteiger partial charge in [0.15, 0.2) is 0 Å². The molecule has 1 aliphatic carbocycles. The van der Waals surface area contributed by atoms with Gasteiger partial charge in [-0.2, -0.15) is 0 Å². The number of carbonyl (C=O) groups excluding carboxylic acids is 1.